The molecule has 0 amide bonds. The monoisotopic (exact) mass is 410 g/mol. The van der Waals surface area contributed by atoms with Gasteiger partial charge in [0, 0.05) is 6.08 Å². The second-order valence-corrected chi connectivity index (χ2v) is 14.8. The Hall–Kier alpha value is -0.553. The van der Waals surface area contributed by atoms with Crippen molar-refractivity contribution in [2.75, 3.05) is 6.61 Å². The van der Waals surface area contributed by atoms with Crippen LogP contribution in [0.25, 0.3) is 6.08 Å². The van der Waals surface area contributed by atoms with Crippen LogP contribution in [0.1, 0.15) is 44.1 Å². The molecule has 0 aromatic heterocycles. The third-order valence-corrected chi connectivity index (χ3v) is 5.98. The van der Waals surface area contributed by atoms with Crippen LogP contribution >= 0.6 is 33.2 Å². The van der Waals surface area contributed by atoms with Gasteiger partial charge < -0.3 is 4.74 Å². The third-order valence-electron chi connectivity index (χ3n) is 3.36. The Morgan fingerprint density at radius 3 is 2.42 bits per heavy atom. The van der Waals surface area contributed by atoms with Gasteiger partial charge in [0.15, 0.2) is 0 Å². The standard InChI is InChI=1S/C17H22Cl3FO2Si/c18-24(19,20)13-6-4-2-1-3-5-12-23-17(22)11-10-15-8-7-9-16(21)14-15/h7-11,14H,1-6,12-13H2/b11-10+. The zero-order valence-corrected chi connectivity index (χ0v) is 16.7. The van der Waals surface area contributed by atoms with Gasteiger partial charge in [-0.3, -0.25) is 0 Å². The molecule has 0 radical (unpaired) electrons. The Morgan fingerprint density at radius 1 is 1.08 bits per heavy atom. The predicted molar refractivity (Wildman–Crippen MR) is 102 cm³/mol. The maximum Gasteiger partial charge on any atom is 0.341 e. The van der Waals surface area contributed by atoms with Crippen LogP contribution in [0, 0.1) is 5.82 Å². The predicted octanol–water partition coefficient (Wildman–Crippen LogP) is 6.38. The third kappa shape index (κ3) is 11.9. The summed E-state index contributed by atoms with van der Waals surface area (Å²) in [6, 6.07) is 4.29. The Bertz CT molecular complexity index is 533. The summed E-state index contributed by atoms with van der Waals surface area (Å²) in [6.45, 7) is 0.396. The summed E-state index contributed by atoms with van der Waals surface area (Å²) < 4.78 is 18.1. The summed E-state index contributed by atoms with van der Waals surface area (Å²) in [5.41, 5.74) is 0.630. The molecule has 0 bridgehead atoms. The zero-order chi connectivity index (χ0) is 17.8. The lowest BCUT2D eigenvalue weighted by Gasteiger charge is -2.06. The van der Waals surface area contributed by atoms with E-state index < -0.39 is 12.0 Å². The van der Waals surface area contributed by atoms with Crippen LogP contribution in [0.2, 0.25) is 6.04 Å². The van der Waals surface area contributed by atoms with E-state index in [4.69, 9.17) is 38.0 Å². The Morgan fingerprint density at radius 2 is 1.75 bits per heavy atom. The van der Waals surface area contributed by atoms with Crippen molar-refractivity contribution in [3.8, 4) is 0 Å². The Balaban J connectivity index is 2.02. The van der Waals surface area contributed by atoms with Gasteiger partial charge in [-0.1, -0.05) is 44.2 Å². The van der Waals surface area contributed by atoms with Crippen LogP contribution in [0.3, 0.4) is 0 Å². The second-order valence-electron chi connectivity index (χ2n) is 5.54. The van der Waals surface area contributed by atoms with Gasteiger partial charge in [-0.05, 0) is 36.2 Å². The van der Waals surface area contributed by atoms with E-state index in [9.17, 15) is 9.18 Å². The number of halogens is 4. The summed E-state index contributed by atoms with van der Waals surface area (Å²) in [4.78, 5) is 11.5. The van der Waals surface area contributed by atoms with E-state index in [1.54, 1.807) is 18.2 Å². The molecule has 0 saturated heterocycles. The molecule has 0 aliphatic carbocycles. The van der Waals surface area contributed by atoms with E-state index in [0.717, 1.165) is 38.5 Å². The molecule has 2 nitrogen and oxygen atoms in total. The Kier molecular flexibility index (Phi) is 10.7. The largest absolute Gasteiger partial charge is 0.463 e. The van der Waals surface area contributed by atoms with Gasteiger partial charge in [0.25, 0.3) is 0 Å². The average Bonchev–Trinajstić information content (AvgIpc) is 2.50. The lowest BCUT2D eigenvalue weighted by molar-refractivity contribution is -0.137. The molecule has 7 heteroatoms. The first-order chi connectivity index (χ1) is 11.4. The van der Waals surface area contributed by atoms with Crippen LogP contribution in [-0.2, 0) is 9.53 Å². The molecule has 24 heavy (non-hydrogen) atoms. The highest BCUT2D eigenvalue weighted by Crippen LogP contribution is 2.27. The second kappa shape index (κ2) is 11.9. The minimum absolute atomic E-state index is 0.332. The normalized spacial score (nSPS) is 11.8. The summed E-state index contributed by atoms with van der Waals surface area (Å²) >= 11 is 17.4. The summed E-state index contributed by atoms with van der Waals surface area (Å²) in [7, 11) is 0. The fourth-order valence-electron chi connectivity index (χ4n) is 2.13. The van der Waals surface area contributed by atoms with Gasteiger partial charge in [0.2, 0.25) is 0 Å². The fraction of sp³-hybridized carbons (Fsp3) is 0.471. The molecular weight excluding hydrogens is 390 g/mol. The summed E-state index contributed by atoms with van der Waals surface area (Å²) in [5.74, 6) is -0.742. The van der Waals surface area contributed by atoms with Crippen LogP contribution in [-0.4, -0.2) is 18.6 Å². The highest BCUT2D eigenvalue weighted by molar-refractivity contribution is 7.64. The first-order valence-corrected chi connectivity index (χ1v) is 13.3. The van der Waals surface area contributed by atoms with Crippen LogP contribution in [0.4, 0.5) is 4.39 Å². The molecule has 0 N–H and O–H groups in total. The van der Waals surface area contributed by atoms with Gasteiger partial charge >= 0.3 is 12.0 Å². The van der Waals surface area contributed by atoms with Crippen molar-refractivity contribution in [3.63, 3.8) is 0 Å². The molecule has 1 aromatic rings. The molecule has 0 saturated carbocycles. The highest BCUT2D eigenvalue weighted by Gasteiger charge is 2.23. The molecule has 0 atom stereocenters. The number of rotatable bonds is 11. The number of benzene rings is 1. The molecule has 0 spiro atoms. The molecule has 134 valence electrons. The average molecular weight is 412 g/mol. The quantitative estimate of drug-likeness (QED) is 0.139. The van der Waals surface area contributed by atoms with Gasteiger partial charge in [-0.15, -0.1) is 33.2 Å². The maximum atomic E-state index is 13.0. The minimum Gasteiger partial charge on any atom is -0.463 e. The van der Waals surface area contributed by atoms with Gasteiger partial charge in [0.05, 0.1) is 6.61 Å². The molecule has 0 fully saturated rings. The topological polar surface area (TPSA) is 26.3 Å². The lowest BCUT2D eigenvalue weighted by atomic mass is 10.1. The van der Waals surface area contributed by atoms with E-state index in [-0.39, 0.29) is 5.82 Å². The number of hydrogen-bond donors (Lipinski definition) is 0. The van der Waals surface area contributed by atoms with Crippen molar-refractivity contribution >= 4 is 51.3 Å². The fourth-order valence-corrected chi connectivity index (χ4v) is 3.98. The summed E-state index contributed by atoms with van der Waals surface area (Å²) in [5, 5.41) is 0. The highest BCUT2D eigenvalue weighted by atomic mass is 35.8. The van der Waals surface area contributed by atoms with Gasteiger partial charge in [-0.2, -0.15) is 0 Å². The van der Waals surface area contributed by atoms with E-state index in [2.05, 4.69) is 0 Å². The summed E-state index contributed by atoms with van der Waals surface area (Å²) in [6.07, 6.45) is 8.90. The number of unbranched alkanes of at least 4 members (excludes halogenated alkanes) is 5. The number of carbonyl (C=O) groups excluding carboxylic acids is 1. The number of esters is 1. The van der Waals surface area contributed by atoms with Crippen molar-refractivity contribution in [1.82, 2.24) is 0 Å². The molecule has 1 aromatic carbocycles. The first-order valence-electron chi connectivity index (χ1n) is 8.04. The Labute approximate surface area is 158 Å². The number of hydrogen-bond acceptors (Lipinski definition) is 2. The SMILES string of the molecule is O=C(/C=C/c1cccc(F)c1)OCCCCCCCC[Si](Cl)(Cl)Cl. The van der Waals surface area contributed by atoms with Gasteiger partial charge in [0.1, 0.15) is 5.82 Å². The van der Waals surface area contributed by atoms with Crippen molar-refractivity contribution < 1.29 is 13.9 Å². The maximum absolute atomic E-state index is 13.0. The molecule has 0 heterocycles. The molecule has 0 unspecified atom stereocenters. The van der Waals surface area contributed by atoms with Crippen LogP contribution in [0.15, 0.2) is 30.3 Å². The van der Waals surface area contributed by atoms with E-state index in [1.165, 1.54) is 18.2 Å². The molecular formula is C17H22Cl3FO2Si. The van der Waals surface area contributed by atoms with E-state index >= 15 is 0 Å². The van der Waals surface area contributed by atoms with Crippen molar-refractivity contribution in [2.45, 2.75) is 44.6 Å². The smallest absolute Gasteiger partial charge is 0.341 e. The van der Waals surface area contributed by atoms with Crippen LogP contribution < -0.4 is 0 Å². The molecule has 1 rings (SSSR count). The van der Waals surface area contributed by atoms with Gasteiger partial charge in [-0.25, -0.2) is 9.18 Å². The zero-order valence-electron chi connectivity index (χ0n) is 13.4. The van der Waals surface area contributed by atoms with Crippen molar-refractivity contribution in [2.24, 2.45) is 0 Å². The molecule has 0 aliphatic heterocycles. The van der Waals surface area contributed by atoms with Crippen LogP contribution in [0.5, 0.6) is 0 Å². The molecule has 0 aliphatic rings. The minimum atomic E-state index is -2.45. The lowest BCUT2D eigenvalue weighted by Crippen LogP contribution is -2.07. The van der Waals surface area contributed by atoms with E-state index in [0.29, 0.717) is 18.2 Å². The van der Waals surface area contributed by atoms with E-state index in [1.807, 2.05) is 0 Å². The van der Waals surface area contributed by atoms with Crippen molar-refractivity contribution in [3.05, 3.63) is 41.7 Å². The number of ether oxygens (including phenoxy) is 1. The first kappa shape index (κ1) is 21.5. The number of carbonyl (C=O) groups is 1. The van der Waals surface area contributed by atoms with Crippen molar-refractivity contribution in [1.29, 1.82) is 0 Å².